The summed E-state index contributed by atoms with van der Waals surface area (Å²) in [6.45, 7) is 0.435. The highest BCUT2D eigenvalue weighted by atomic mass is 35.5. The zero-order chi connectivity index (χ0) is 21.6. The Labute approximate surface area is 180 Å². The third kappa shape index (κ3) is 5.56. The van der Waals surface area contributed by atoms with E-state index < -0.39 is 28.5 Å². The first kappa shape index (κ1) is 22.2. The molecule has 8 nitrogen and oxygen atoms in total. The lowest BCUT2D eigenvalue weighted by atomic mass is 10.2. The first-order chi connectivity index (χ1) is 14.4. The molecule has 1 saturated heterocycles. The van der Waals surface area contributed by atoms with Gasteiger partial charge in [-0.25, -0.2) is 18.2 Å². The molecule has 1 amide bonds. The number of carbonyl (C=O) groups is 2. The lowest BCUT2D eigenvalue weighted by Gasteiger charge is -2.20. The normalized spacial score (nSPS) is 15.2. The molecule has 1 aromatic carbocycles. The van der Waals surface area contributed by atoms with Gasteiger partial charge < -0.3 is 10.1 Å². The van der Waals surface area contributed by atoms with Crippen molar-refractivity contribution in [1.82, 2.24) is 9.29 Å². The summed E-state index contributed by atoms with van der Waals surface area (Å²) >= 11 is 5.83. The van der Waals surface area contributed by atoms with Gasteiger partial charge in [0, 0.05) is 25.0 Å². The number of ether oxygens (including phenoxy) is 1. The molecular weight excluding hydrogens is 430 g/mol. The zero-order valence-corrected chi connectivity index (χ0v) is 17.8. The molecular formula is C20H22ClN3O5S. The Morgan fingerprint density at radius 1 is 1.10 bits per heavy atom. The molecule has 2 heterocycles. The molecule has 30 heavy (non-hydrogen) atoms. The SMILES string of the molecule is O=C(COC(=O)c1cccnc1Cl)Nc1cccc(S(=O)(=O)N2CCCCCC2)c1. The van der Waals surface area contributed by atoms with Crippen molar-refractivity contribution in [2.75, 3.05) is 25.0 Å². The molecule has 1 aromatic heterocycles. The summed E-state index contributed by atoms with van der Waals surface area (Å²) in [6, 6.07) is 8.99. The van der Waals surface area contributed by atoms with E-state index in [-0.39, 0.29) is 15.6 Å². The van der Waals surface area contributed by atoms with E-state index in [0.29, 0.717) is 18.8 Å². The van der Waals surface area contributed by atoms with Crippen LogP contribution in [0.4, 0.5) is 5.69 Å². The number of halogens is 1. The first-order valence-corrected chi connectivity index (χ1v) is 11.4. The maximum Gasteiger partial charge on any atom is 0.341 e. The fourth-order valence-electron chi connectivity index (χ4n) is 3.11. The molecule has 0 unspecified atom stereocenters. The predicted molar refractivity (Wildman–Crippen MR) is 112 cm³/mol. The largest absolute Gasteiger partial charge is 0.452 e. The third-order valence-electron chi connectivity index (χ3n) is 4.63. The summed E-state index contributed by atoms with van der Waals surface area (Å²) in [7, 11) is -3.64. The summed E-state index contributed by atoms with van der Waals surface area (Å²) in [5.41, 5.74) is 0.351. The Morgan fingerprint density at radius 3 is 2.53 bits per heavy atom. The van der Waals surface area contributed by atoms with Gasteiger partial charge in [-0.1, -0.05) is 30.5 Å². The highest BCUT2D eigenvalue weighted by Gasteiger charge is 2.25. The quantitative estimate of drug-likeness (QED) is 0.534. The number of nitrogens with zero attached hydrogens (tertiary/aromatic N) is 2. The predicted octanol–water partition coefficient (Wildman–Crippen LogP) is 3.10. The monoisotopic (exact) mass is 451 g/mol. The van der Waals surface area contributed by atoms with Gasteiger partial charge >= 0.3 is 5.97 Å². The molecule has 0 atom stereocenters. The number of nitrogens with one attached hydrogen (secondary N) is 1. The zero-order valence-electron chi connectivity index (χ0n) is 16.2. The molecule has 1 aliphatic heterocycles. The highest BCUT2D eigenvalue weighted by molar-refractivity contribution is 7.89. The Morgan fingerprint density at radius 2 is 1.83 bits per heavy atom. The van der Waals surface area contributed by atoms with Crippen LogP contribution >= 0.6 is 11.6 Å². The molecule has 1 aliphatic rings. The van der Waals surface area contributed by atoms with E-state index in [1.807, 2.05) is 0 Å². The van der Waals surface area contributed by atoms with Gasteiger partial charge in [0.05, 0.1) is 10.5 Å². The molecule has 0 aliphatic carbocycles. The molecule has 1 N–H and O–H groups in total. The average Bonchev–Trinajstić information content (AvgIpc) is 3.03. The summed E-state index contributed by atoms with van der Waals surface area (Å²) < 4.78 is 32.2. The highest BCUT2D eigenvalue weighted by Crippen LogP contribution is 2.22. The summed E-state index contributed by atoms with van der Waals surface area (Å²) in [6.07, 6.45) is 5.14. The van der Waals surface area contributed by atoms with Crippen LogP contribution in [0.2, 0.25) is 5.15 Å². The Kier molecular flexibility index (Phi) is 7.41. The van der Waals surface area contributed by atoms with E-state index in [0.717, 1.165) is 25.7 Å². The molecule has 0 saturated carbocycles. The maximum absolute atomic E-state index is 12.9. The Hall–Kier alpha value is -2.49. The van der Waals surface area contributed by atoms with Gasteiger partial charge in [0.2, 0.25) is 10.0 Å². The van der Waals surface area contributed by atoms with Gasteiger partial charge in [0.15, 0.2) is 6.61 Å². The van der Waals surface area contributed by atoms with E-state index in [4.69, 9.17) is 16.3 Å². The minimum atomic E-state index is -3.64. The molecule has 160 valence electrons. The summed E-state index contributed by atoms with van der Waals surface area (Å²) in [4.78, 5) is 28.0. The maximum atomic E-state index is 12.9. The fourth-order valence-corrected chi connectivity index (χ4v) is 4.87. The smallest absolute Gasteiger partial charge is 0.341 e. The second-order valence-electron chi connectivity index (χ2n) is 6.81. The van der Waals surface area contributed by atoms with Crippen molar-refractivity contribution in [2.24, 2.45) is 0 Å². The van der Waals surface area contributed by atoms with Crippen molar-refractivity contribution in [3.05, 3.63) is 53.3 Å². The number of hydrogen-bond donors (Lipinski definition) is 1. The van der Waals surface area contributed by atoms with Gasteiger partial charge in [0.1, 0.15) is 5.15 Å². The van der Waals surface area contributed by atoms with Crippen LogP contribution in [-0.2, 0) is 19.6 Å². The van der Waals surface area contributed by atoms with E-state index in [2.05, 4.69) is 10.3 Å². The second kappa shape index (κ2) is 10.0. The average molecular weight is 452 g/mol. The molecule has 0 radical (unpaired) electrons. The van der Waals surface area contributed by atoms with E-state index in [1.54, 1.807) is 12.1 Å². The van der Waals surface area contributed by atoms with Gasteiger partial charge in [-0.05, 0) is 43.2 Å². The third-order valence-corrected chi connectivity index (χ3v) is 6.83. The van der Waals surface area contributed by atoms with Crippen LogP contribution in [0.25, 0.3) is 0 Å². The van der Waals surface area contributed by atoms with Crippen molar-refractivity contribution < 1.29 is 22.7 Å². The van der Waals surface area contributed by atoms with E-state index in [1.165, 1.54) is 34.8 Å². The van der Waals surface area contributed by atoms with Crippen LogP contribution < -0.4 is 5.32 Å². The van der Waals surface area contributed by atoms with Crippen LogP contribution in [0.3, 0.4) is 0 Å². The fraction of sp³-hybridized carbons (Fsp3) is 0.350. The van der Waals surface area contributed by atoms with Gasteiger partial charge in [-0.3, -0.25) is 4.79 Å². The molecule has 2 aromatic rings. The van der Waals surface area contributed by atoms with Crippen LogP contribution in [0.1, 0.15) is 36.0 Å². The van der Waals surface area contributed by atoms with Crippen molar-refractivity contribution in [2.45, 2.75) is 30.6 Å². The number of sulfonamides is 1. The van der Waals surface area contributed by atoms with Crippen LogP contribution in [-0.4, -0.2) is 49.3 Å². The minimum Gasteiger partial charge on any atom is -0.452 e. The molecule has 0 bridgehead atoms. The minimum absolute atomic E-state index is 0.0191. The Bertz CT molecular complexity index is 1020. The second-order valence-corrected chi connectivity index (χ2v) is 9.11. The number of aromatic nitrogens is 1. The Balaban J connectivity index is 1.62. The molecule has 10 heteroatoms. The van der Waals surface area contributed by atoms with Crippen molar-refractivity contribution in [3.8, 4) is 0 Å². The number of carbonyl (C=O) groups excluding carboxylic acids is 2. The van der Waals surface area contributed by atoms with E-state index in [9.17, 15) is 18.0 Å². The summed E-state index contributed by atoms with van der Waals surface area (Å²) in [5.74, 6) is -1.38. The lowest BCUT2D eigenvalue weighted by molar-refractivity contribution is -0.119. The van der Waals surface area contributed by atoms with Crippen LogP contribution in [0.5, 0.6) is 0 Å². The van der Waals surface area contributed by atoms with Gasteiger partial charge in [-0.2, -0.15) is 4.31 Å². The standard InChI is InChI=1S/C20H22ClN3O5S/c21-19-17(9-6-10-22-19)20(26)29-14-18(25)23-15-7-5-8-16(13-15)30(27,28)24-11-3-1-2-4-12-24/h5-10,13H,1-4,11-12,14H2,(H,23,25). The number of hydrogen-bond acceptors (Lipinski definition) is 6. The lowest BCUT2D eigenvalue weighted by Crippen LogP contribution is -2.32. The molecule has 0 spiro atoms. The van der Waals surface area contributed by atoms with Crippen molar-refractivity contribution in [3.63, 3.8) is 0 Å². The topological polar surface area (TPSA) is 106 Å². The van der Waals surface area contributed by atoms with Crippen molar-refractivity contribution >= 4 is 39.2 Å². The first-order valence-electron chi connectivity index (χ1n) is 9.55. The van der Waals surface area contributed by atoms with Gasteiger partial charge in [0.25, 0.3) is 5.91 Å². The number of pyridine rings is 1. The number of benzene rings is 1. The number of esters is 1. The van der Waals surface area contributed by atoms with Crippen LogP contribution in [0, 0.1) is 0 Å². The number of anilines is 1. The van der Waals surface area contributed by atoms with Gasteiger partial charge in [-0.15, -0.1) is 0 Å². The molecule has 1 fully saturated rings. The van der Waals surface area contributed by atoms with Crippen molar-refractivity contribution in [1.29, 1.82) is 0 Å². The number of rotatable bonds is 6. The summed E-state index contributed by atoms with van der Waals surface area (Å²) in [5, 5.41) is 2.52. The molecule has 3 rings (SSSR count). The number of amides is 1. The van der Waals surface area contributed by atoms with Crippen LogP contribution in [0.15, 0.2) is 47.5 Å². The van der Waals surface area contributed by atoms with E-state index >= 15 is 0 Å².